The number of benzene rings is 18. The van der Waals surface area contributed by atoms with E-state index in [-0.39, 0.29) is 0 Å². The molecule has 0 N–H and O–H groups in total. The van der Waals surface area contributed by atoms with E-state index in [1.807, 2.05) is 0 Å². The SMILES string of the molecule is CN(c1ccc(-c2ccc(N(c3cccc(-c4ccccc4)c3)c3cccc4ccccc34)cc2)cc1)c1cc2ccccc2c2ccccc12.CN(c1ccc(-c2ccc(N(c3cccc(-c4ccccc4)c3)c3cccc4ccccc34)cc2)cc1)c1ccc2cc3ccccc3cc2c1. The number of hydrogen-bond acceptors (Lipinski definition) is 4. The van der Waals surface area contributed by atoms with E-state index in [1.54, 1.807) is 0 Å². The van der Waals surface area contributed by atoms with Gasteiger partial charge in [-0.1, -0.05) is 285 Å². The van der Waals surface area contributed by atoms with Crippen LogP contribution >= 0.6 is 0 Å². The van der Waals surface area contributed by atoms with E-state index in [0.717, 1.165) is 45.5 Å². The molecule has 0 aliphatic heterocycles. The fraction of sp³-hybridized carbons (Fsp3) is 0.0204. The molecule has 0 amide bonds. The van der Waals surface area contributed by atoms with Gasteiger partial charge >= 0.3 is 0 Å². The number of fused-ring (bicyclic) bond motifs is 7. The molecule has 4 heteroatoms. The van der Waals surface area contributed by atoms with Crippen LogP contribution < -0.4 is 19.6 Å². The first-order valence-electron chi connectivity index (χ1n) is 35.0. The third-order valence-electron chi connectivity index (χ3n) is 20.0. The van der Waals surface area contributed by atoms with Crippen molar-refractivity contribution in [2.45, 2.75) is 0 Å². The fourth-order valence-corrected chi connectivity index (χ4v) is 14.7. The van der Waals surface area contributed by atoms with E-state index in [1.165, 1.54) is 121 Å². The van der Waals surface area contributed by atoms with Crippen LogP contribution in [-0.2, 0) is 0 Å². The van der Waals surface area contributed by atoms with Gasteiger partial charge in [-0.05, 0) is 208 Å². The molecule has 0 unspecified atom stereocenters. The van der Waals surface area contributed by atoms with E-state index in [2.05, 4.69) is 434 Å². The molecule has 484 valence electrons. The molecule has 0 heterocycles. The van der Waals surface area contributed by atoms with Crippen molar-refractivity contribution in [2.24, 2.45) is 0 Å². The van der Waals surface area contributed by atoms with E-state index in [4.69, 9.17) is 0 Å². The maximum atomic E-state index is 2.38. The summed E-state index contributed by atoms with van der Waals surface area (Å²) in [5, 5.41) is 15.0. The maximum absolute atomic E-state index is 2.38. The van der Waals surface area contributed by atoms with E-state index in [0.29, 0.717) is 0 Å². The van der Waals surface area contributed by atoms with E-state index >= 15 is 0 Å². The summed E-state index contributed by atoms with van der Waals surface area (Å²) in [6, 6.07) is 144. The van der Waals surface area contributed by atoms with Crippen molar-refractivity contribution < 1.29 is 0 Å². The van der Waals surface area contributed by atoms with Crippen LogP contribution in [0.2, 0.25) is 0 Å². The van der Waals surface area contributed by atoms with Crippen LogP contribution in [0.15, 0.2) is 400 Å². The molecule has 18 aromatic carbocycles. The molecule has 0 aliphatic carbocycles. The minimum absolute atomic E-state index is 1.11. The minimum Gasteiger partial charge on any atom is -0.345 e. The van der Waals surface area contributed by atoms with E-state index in [9.17, 15) is 0 Å². The van der Waals surface area contributed by atoms with Gasteiger partial charge in [0.05, 0.1) is 11.4 Å². The van der Waals surface area contributed by atoms with Gasteiger partial charge in [-0.3, -0.25) is 0 Å². The van der Waals surface area contributed by atoms with Crippen LogP contribution in [0.25, 0.3) is 109 Å². The second-order valence-electron chi connectivity index (χ2n) is 26.2. The Balaban J connectivity index is 0.000000152. The molecule has 0 fully saturated rings. The monoisotopic (exact) mass is 1300 g/mol. The van der Waals surface area contributed by atoms with Gasteiger partial charge in [-0.2, -0.15) is 0 Å². The zero-order valence-electron chi connectivity index (χ0n) is 56.9. The largest absolute Gasteiger partial charge is 0.345 e. The highest BCUT2D eigenvalue weighted by molar-refractivity contribution is 6.14. The van der Waals surface area contributed by atoms with Crippen LogP contribution in [0.4, 0.5) is 56.9 Å². The number of nitrogens with zero attached hydrogens (tertiary/aromatic N) is 4. The average Bonchev–Trinajstić information content (AvgIpc) is 0.777. The zero-order chi connectivity index (χ0) is 68.3. The quantitative estimate of drug-likeness (QED) is 0.0795. The Hall–Kier alpha value is -13.3. The molecule has 102 heavy (non-hydrogen) atoms. The molecule has 0 bridgehead atoms. The lowest BCUT2D eigenvalue weighted by atomic mass is 9.99. The Bertz CT molecular complexity index is 6020. The Kier molecular flexibility index (Phi) is 16.8. The van der Waals surface area contributed by atoms with Crippen molar-refractivity contribution in [3.8, 4) is 44.5 Å². The Morgan fingerprint density at radius 2 is 0.480 bits per heavy atom. The van der Waals surface area contributed by atoms with E-state index < -0.39 is 0 Å². The van der Waals surface area contributed by atoms with Gasteiger partial charge in [0, 0.05) is 75.8 Å². The highest BCUT2D eigenvalue weighted by Gasteiger charge is 2.20. The maximum Gasteiger partial charge on any atom is 0.0540 e. The lowest BCUT2D eigenvalue weighted by Gasteiger charge is -2.27. The lowest BCUT2D eigenvalue weighted by Crippen LogP contribution is -2.10. The van der Waals surface area contributed by atoms with Crippen LogP contribution in [0.1, 0.15) is 0 Å². The average molecular weight is 1310 g/mol. The summed E-state index contributed by atoms with van der Waals surface area (Å²) >= 11 is 0. The molecule has 0 saturated heterocycles. The summed E-state index contributed by atoms with van der Waals surface area (Å²) in [7, 11) is 4.30. The Morgan fingerprint density at radius 3 is 0.971 bits per heavy atom. The Labute approximate surface area is 596 Å². The van der Waals surface area contributed by atoms with Crippen molar-refractivity contribution in [3.05, 3.63) is 400 Å². The predicted molar refractivity (Wildman–Crippen MR) is 438 cm³/mol. The number of anilines is 10. The molecular weight excluding hydrogens is 1230 g/mol. The zero-order valence-corrected chi connectivity index (χ0v) is 56.9. The first-order chi connectivity index (χ1) is 50.4. The van der Waals surface area contributed by atoms with Crippen LogP contribution in [0.5, 0.6) is 0 Å². The molecule has 0 aliphatic rings. The Morgan fingerprint density at radius 1 is 0.147 bits per heavy atom. The summed E-state index contributed by atoms with van der Waals surface area (Å²) in [5.41, 5.74) is 21.0. The number of hydrogen-bond donors (Lipinski definition) is 0. The molecule has 0 atom stereocenters. The van der Waals surface area contributed by atoms with Gasteiger partial charge in [0.25, 0.3) is 0 Å². The molecule has 0 saturated carbocycles. The van der Waals surface area contributed by atoms with Gasteiger partial charge in [0.15, 0.2) is 0 Å². The van der Waals surface area contributed by atoms with Crippen LogP contribution in [0, 0.1) is 0 Å². The van der Waals surface area contributed by atoms with Crippen LogP contribution in [-0.4, -0.2) is 14.1 Å². The van der Waals surface area contributed by atoms with Gasteiger partial charge in [0.2, 0.25) is 0 Å². The molecule has 18 aromatic rings. The second-order valence-corrected chi connectivity index (χ2v) is 26.2. The number of rotatable bonds is 14. The molecule has 18 rings (SSSR count). The third kappa shape index (κ3) is 12.4. The van der Waals surface area contributed by atoms with Gasteiger partial charge in [-0.15, -0.1) is 0 Å². The highest BCUT2D eigenvalue weighted by Crippen LogP contribution is 2.45. The lowest BCUT2D eigenvalue weighted by molar-refractivity contribution is 1.21. The summed E-state index contributed by atoms with van der Waals surface area (Å²) < 4.78 is 0. The van der Waals surface area contributed by atoms with Crippen molar-refractivity contribution in [1.82, 2.24) is 0 Å². The molecule has 0 aromatic heterocycles. The first kappa shape index (κ1) is 62.3. The molecular formula is C98H72N4. The van der Waals surface area contributed by atoms with Gasteiger partial charge in [-0.25, -0.2) is 0 Å². The minimum atomic E-state index is 1.11. The van der Waals surface area contributed by atoms with Crippen molar-refractivity contribution in [3.63, 3.8) is 0 Å². The van der Waals surface area contributed by atoms with Crippen molar-refractivity contribution in [2.75, 3.05) is 33.7 Å². The van der Waals surface area contributed by atoms with Crippen molar-refractivity contribution in [1.29, 1.82) is 0 Å². The molecule has 0 spiro atoms. The predicted octanol–water partition coefficient (Wildman–Crippen LogP) is 27.4. The van der Waals surface area contributed by atoms with Gasteiger partial charge < -0.3 is 19.6 Å². The summed E-state index contributed by atoms with van der Waals surface area (Å²) in [4.78, 5) is 9.31. The second kappa shape index (κ2) is 27.6. The standard InChI is InChI=1S/2C49H36N2/c1-50(49-34-40-16-6-7-20-44(40)46-22-9-10-23-47(46)49)41-29-25-36(26-30-41)37-27-31-42(32-28-37)51(48-24-12-17-38-15-5-8-21-45(38)48)43-19-11-18-39(33-43)35-13-3-2-4-14-35;1-50(46-30-25-42-31-39-14-5-6-15-40(39)32-43(42)34-46)44-26-21-36(22-27-44)37-23-28-45(29-24-37)51(49-20-10-16-38-13-7-8-19-48(38)49)47-18-9-17-41(33-47)35-11-3-2-4-12-35/h2*2-34H,1H3. The summed E-state index contributed by atoms with van der Waals surface area (Å²) in [6.07, 6.45) is 0. The smallest absolute Gasteiger partial charge is 0.0540 e. The molecule has 4 nitrogen and oxygen atoms in total. The van der Waals surface area contributed by atoms with Crippen LogP contribution in [0.3, 0.4) is 0 Å². The third-order valence-corrected chi connectivity index (χ3v) is 20.0. The summed E-state index contributed by atoms with van der Waals surface area (Å²) in [5.74, 6) is 0. The normalized spacial score (nSPS) is 11.2. The fourth-order valence-electron chi connectivity index (χ4n) is 14.7. The van der Waals surface area contributed by atoms with Gasteiger partial charge in [0.1, 0.15) is 0 Å². The highest BCUT2D eigenvalue weighted by atomic mass is 15.2. The topological polar surface area (TPSA) is 13.0 Å². The summed E-state index contributed by atoms with van der Waals surface area (Å²) in [6.45, 7) is 0. The van der Waals surface area contributed by atoms with Crippen molar-refractivity contribution >= 4 is 122 Å². The first-order valence-corrected chi connectivity index (χ1v) is 35.0. The molecule has 0 radical (unpaired) electrons.